The average molecular weight is 262 g/mol. The van der Waals surface area contributed by atoms with E-state index in [2.05, 4.69) is 67.0 Å². The molecule has 0 spiro atoms. The van der Waals surface area contributed by atoms with Crippen LogP contribution in [0.15, 0.2) is 29.3 Å². The van der Waals surface area contributed by atoms with E-state index in [1.807, 2.05) is 0 Å². The van der Waals surface area contributed by atoms with Crippen molar-refractivity contribution in [3.05, 3.63) is 35.4 Å². The molecular weight excluding hydrogens is 236 g/mol. The first-order valence-electron chi connectivity index (χ1n) is 6.84. The first kappa shape index (κ1) is 15.5. The molecular formula is C15H26N4. The van der Waals surface area contributed by atoms with Crippen LogP contribution in [0.4, 0.5) is 0 Å². The Balaban J connectivity index is 2.79. The Kier molecular flexibility index (Phi) is 6.36. The van der Waals surface area contributed by atoms with Crippen molar-refractivity contribution >= 4 is 5.96 Å². The summed E-state index contributed by atoms with van der Waals surface area (Å²) in [5, 5.41) is 0. The molecule has 1 aromatic carbocycles. The van der Waals surface area contributed by atoms with Crippen LogP contribution in [0.3, 0.4) is 0 Å². The zero-order valence-electron chi connectivity index (χ0n) is 12.6. The Hall–Kier alpha value is -1.55. The van der Waals surface area contributed by atoms with Gasteiger partial charge in [-0.25, -0.2) is 4.99 Å². The molecule has 0 atom stereocenters. The van der Waals surface area contributed by atoms with Crippen molar-refractivity contribution < 1.29 is 0 Å². The second-order valence-electron chi connectivity index (χ2n) is 4.85. The molecule has 19 heavy (non-hydrogen) atoms. The number of guanidine groups is 1. The van der Waals surface area contributed by atoms with Crippen molar-refractivity contribution in [1.82, 2.24) is 9.80 Å². The SMILES string of the molecule is CCN(CC)C(N)=NCc1ccccc1CN(C)C. The minimum absolute atomic E-state index is 0.629. The van der Waals surface area contributed by atoms with Gasteiger partial charge in [-0.05, 0) is 39.1 Å². The molecule has 0 amide bonds. The first-order chi connectivity index (χ1) is 9.08. The minimum Gasteiger partial charge on any atom is -0.370 e. The first-order valence-corrected chi connectivity index (χ1v) is 6.84. The molecule has 2 N–H and O–H groups in total. The third-order valence-corrected chi connectivity index (χ3v) is 3.10. The lowest BCUT2D eigenvalue weighted by atomic mass is 10.1. The zero-order chi connectivity index (χ0) is 14.3. The summed E-state index contributed by atoms with van der Waals surface area (Å²) in [5.74, 6) is 0.629. The Morgan fingerprint density at radius 3 is 2.21 bits per heavy atom. The fraction of sp³-hybridized carbons (Fsp3) is 0.533. The lowest BCUT2D eigenvalue weighted by molar-refractivity contribution is 0.401. The number of hydrogen-bond acceptors (Lipinski definition) is 2. The number of benzene rings is 1. The van der Waals surface area contributed by atoms with E-state index in [-0.39, 0.29) is 0 Å². The van der Waals surface area contributed by atoms with E-state index in [0.717, 1.165) is 19.6 Å². The van der Waals surface area contributed by atoms with Gasteiger partial charge in [0.05, 0.1) is 6.54 Å². The van der Waals surface area contributed by atoms with Crippen LogP contribution >= 0.6 is 0 Å². The van der Waals surface area contributed by atoms with Crippen LogP contribution in [0, 0.1) is 0 Å². The summed E-state index contributed by atoms with van der Waals surface area (Å²) in [6.45, 7) is 7.54. The van der Waals surface area contributed by atoms with E-state index < -0.39 is 0 Å². The third kappa shape index (κ3) is 4.91. The number of rotatable bonds is 6. The van der Waals surface area contributed by atoms with Gasteiger partial charge in [-0.2, -0.15) is 0 Å². The molecule has 0 aliphatic rings. The summed E-state index contributed by atoms with van der Waals surface area (Å²) in [6, 6.07) is 8.40. The molecule has 0 saturated heterocycles. The number of hydrogen-bond donors (Lipinski definition) is 1. The van der Waals surface area contributed by atoms with Crippen molar-refractivity contribution in [3.63, 3.8) is 0 Å². The van der Waals surface area contributed by atoms with Crippen molar-refractivity contribution in [2.24, 2.45) is 10.7 Å². The minimum atomic E-state index is 0.629. The van der Waals surface area contributed by atoms with E-state index in [0.29, 0.717) is 12.5 Å². The number of nitrogens with two attached hydrogens (primary N) is 1. The molecule has 0 fully saturated rings. The highest BCUT2D eigenvalue weighted by Crippen LogP contribution is 2.11. The summed E-state index contributed by atoms with van der Waals surface area (Å²) in [5.41, 5.74) is 8.55. The standard InChI is InChI=1S/C15H26N4/c1-5-19(6-2)15(16)17-11-13-9-7-8-10-14(13)12-18(3)4/h7-10H,5-6,11-12H2,1-4H3,(H2,16,17). The fourth-order valence-corrected chi connectivity index (χ4v) is 2.02. The smallest absolute Gasteiger partial charge is 0.191 e. The monoisotopic (exact) mass is 262 g/mol. The molecule has 4 nitrogen and oxygen atoms in total. The van der Waals surface area contributed by atoms with E-state index in [4.69, 9.17) is 5.73 Å². The Bertz CT molecular complexity index is 408. The van der Waals surface area contributed by atoms with Crippen LogP contribution in [0.25, 0.3) is 0 Å². The van der Waals surface area contributed by atoms with E-state index in [9.17, 15) is 0 Å². The molecule has 1 rings (SSSR count). The Morgan fingerprint density at radius 2 is 1.68 bits per heavy atom. The Labute approximate surface area is 116 Å². The van der Waals surface area contributed by atoms with Crippen LogP contribution < -0.4 is 5.73 Å². The second-order valence-corrected chi connectivity index (χ2v) is 4.85. The van der Waals surface area contributed by atoms with Gasteiger partial charge in [-0.3, -0.25) is 0 Å². The fourth-order valence-electron chi connectivity index (χ4n) is 2.02. The molecule has 0 bridgehead atoms. The largest absolute Gasteiger partial charge is 0.370 e. The van der Waals surface area contributed by atoms with E-state index in [1.165, 1.54) is 11.1 Å². The van der Waals surface area contributed by atoms with Crippen LogP contribution in [-0.2, 0) is 13.1 Å². The topological polar surface area (TPSA) is 44.9 Å². The second kappa shape index (κ2) is 7.79. The maximum absolute atomic E-state index is 6.00. The lowest BCUT2D eigenvalue weighted by Gasteiger charge is -2.19. The zero-order valence-corrected chi connectivity index (χ0v) is 12.6. The van der Waals surface area contributed by atoms with Crippen LogP contribution in [-0.4, -0.2) is 42.9 Å². The summed E-state index contributed by atoms with van der Waals surface area (Å²) in [7, 11) is 4.15. The van der Waals surface area contributed by atoms with E-state index >= 15 is 0 Å². The van der Waals surface area contributed by atoms with Gasteiger partial charge in [-0.15, -0.1) is 0 Å². The highest BCUT2D eigenvalue weighted by atomic mass is 15.2. The van der Waals surface area contributed by atoms with Crippen LogP contribution in [0.1, 0.15) is 25.0 Å². The van der Waals surface area contributed by atoms with Gasteiger partial charge in [0.2, 0.25) is 0 Å². The number of nitrogens with zero attached hydrogens (tertiary/aromatic N) is 3. The van der Waals surface area contributed by atoms with Crippen LogP contribution in [0.2, 0.25) is 0 Å². The van der Waals surface area contributed by atoms with Crippen molar-refractivity contribution in [2.45, 2.75) is 26.9 Å². The van der Waals surface area contributed by atoms with Gasteiger partial charge < -0.3 is 15.5 Å². The van der Waals surface area contributed by atoms with Gasteiger partial charge in [0.15, 0.2) is 5.96 Å². The molecule has 106 valence electrons. The maximum atomic E-state index is 6.00. The van der Waals surface area contributed by atoms with Crippen LogP contribution in [0.5, 0.6) is 0 Å². The van der Waals surface area contributed by atoms with Gasteiger partial charge in [0.25, 0.3) is 0 Å². The molecule has 0 heterocycles. The molecule has 0 aliphatic carbocycles. The quantitative estimate of drug-likeness (QED) is 0.629. The molecule has 0 saturated carbocycles. The summed E-state index contributed by atoms with van der Waals surface area (Å²) in [6.07, 6.45) is 0. The molecule has 0 unspecified atom stereocenters. The van der Waals surface area contributed by atoms with Crippen molar-refractivity contribution in [1.29, 1.82) is 0 Å². The summed E-state index contributed by atoms with van der Waals surface area (Å²) >= 11 is 0. The van der Waals surface area contributed by atoms with Gasteiger partial charge >= 0.3 is 0 Å². The Morgan fingerprint density at radius 1 is 1.11 bits per heavy atom. The molecule has 4 heteroatoms. The molecule has 0 aliphatic heterocycles. The predicted octanol–water partition coefficient (Wildman–Crippen LogP) is 1.90. The van der Waals surface area contributed by atoms with Crippen molar-refractivity contribution in [2.75, 3.05) is 27.2 Å². The van der Waals surface area contributed by atoms with Crippen molar-refractivity contribution in [3.8, 4) is 0 Å². The normalized spacial score (nSPS) is 11.9. The summed E-state index contributed by atoms with van der Waals surface area (Å²) in [4.78, 5) is 8.73. The highest BCUT2D eigenvalue weighted by Gasteiger charge is 2.05. The molecule has 1 aromatic rings. The number of aliphatic imine (C=N–C) groups is 1. The van der Waals surface area contributed by atoms with Gasteiger partial charge in [-0.1, -0.05) is 24.3 Å². The van der Waals surface area contributed by atoms with Gasteiger partial charge in [0.1, 0.15) is 0 Å². The highest BCUT2D eigenvalue weighted by molar-refractivity contribution is 5.78. The molecule has 0 aromatic heterocycles. The maximum Gasteiger partial charge on any atom is 0.191 e. The van der Waals surface area contributed by atoms with E-state index in [1.54, 1.807) is 0 Å². The third-order valence-electron chi connectivity index (χ3n) is 3.10. The lowest BCUT2D eigenvalue weighted by Crippen LogP contribution is -2.37. The molecule has 0 radical (unpaired) electrons. The van der Waals surface area contributed by atoms with Gasteiger partial charge in [0, 0.05) is 19.6 Å². The average Bonchev–Trinajstić information content (AvgIpc) is 2.38. The predicted molar refractivity (Wildman–Crippen MR) is 82.1 cm³/mol. The summed E-state index contributed by atoms with van der Waals surface area (Å²) < 4.78 is 0.